The average Bonchev–Trinajstić information content (AvgIpc) is 2.70. The maximum absolute atomic E-state index is 11.1. The quantitative estimate of drug-likeness (QED) is 0.757. The third-order valence-corrected chi connectivity index (χ3v) is 4.42. The summed E-state index contributed by atoms with van der Waals surface area (Å²) in [5.74, 6) is -0.368. The summed E-state index contributed by atoms with van der Waals surface area (Å²) in [7, 11) is 2.14. The van der Waals surface area contributed by atoms with Gasteiger partial charge in [-0.1, -0.05) is 20.3 Å². The summed E-state index contributed by atoms with van der Waals surface area (Å²) in [5, 5.41) is 9.16. The van der Waals surface area contributed by atoms with Crippen LogP contribution >= 0.6 is 0 Å². The summed E-state index contributed by atoms with van der Waals surface area (Å²) in [6.07, 6.45) is 3.69. The molecule has 86 valence electrons. The van der Waals surface area contributed by atoms with Crippen LogP contribution in [-0.4, -0.2) is 35.6 Å². The van der Waals surface area contributed by atoms with Crippen molar-refractivity contribution in [3.05, 3.63) is 0 Å². The Hall–Kier alpha value is -0.570. The number of carboxylic acids is 1. The zero-order valence-corrected chi connectivity index (χ0v) is 9.86. The number of nitrogens with zero attached hydrogens (tertiary/aromatic N) is 1. The Labute approximate surface area is 91.5 Å². The van der Waals surface area contributed by atoms with E-state index in [1.54, 1.807) is 0 Å². The molecule has 1 aliphatic heterocycles. The average molecular weight is 211 g/mol. The van der Waals surface area contributed by atoms with Crippen LogP contribution in [0.3, 0.4) is 0 Å². The lowest BCUT2D eigenvalue weighted by atomic mass is 9.94. The van der Waals surface area contributed by atoms with Crippen LogP contribution in [0.5, 0.6) is 0 Å². The number of likely N-dealkylation sites (tertiary alicyclic amines) is 1. The molecule has 1 saturated carbocycles. The highest BCUT2D eigenvalue weighted by Gasteiger charge is 2.65. The molecule has 3 atom stereocenters. The summed E-state index contributed by atoms with van der Waals surface area (Å²) in [5.41, 5.74) is 0.00208. The number of piperidine rings is 1. The molecule has 0 aromatic heterocycles. The van der Waals surface area contributed by atoms with E-state index in [0.717, 1.165) is 6.54 Å². The molecule has 0 radical (unpaired) electrons. The van der Waals surface area contributed by atoms with Gasteiger partial charge >= 0.3 is 5.97 Å². The zero-order chi connectivity index (χ0) is 11.2. The van der Waals surface area contributed by atoms with Crippen molar-refractivity contribution >= 4 is 5.97 Å². The van der Waals surface area contributed by atoms with Gasteiger partial charge in [0.2, 0.25) is 0 Å². The van der Waals surface area contributed by atoms with Crippen molar-refractivity contribution in [1.29, 1.82) is 0 Å². The summed E-state index contributed by atoms with van der Waals surface area (Å²) < 4.78 is 0. The lowest BCUT2D eigenvalue weighted by molar-refractivity contribution is -0.139. The lowest BCUT2D eigenvalue weighted by Crippen LogP contribution is -2.39. The fourth-order valence-corrected chi connectivity index (χ4v) is 3.42. The molecule has 0 bridgehead atoms. The smallest absolute Gasteiger partial charge is 0.307 e. The second-order valence-electron chi connectivity index (χ2n) is 5.71. The van der Waals surface area contributed by atoms with Crippen molar-refractivity contribution in [2.24, 2.45) is 17.3 Å². The molecule has 2 aliphatic rings. The van der Waals surface area contributed by atoms with Gasteiger partial charge in [-0.25, -0.2) is 0 Å². The molecule has 1 N–H and O–H groups in total. The first kappa shape index (κ1) is 10.9. The van der Waals surface area contributed by atoms with Gasteiger partial charge in [-0.2, -0.15) is 0 Å². The van der Waals surface area contributed by atoms with E-state index in [4.69, 9.17) is 5.11 Å². The molecule has 2 rings (SSSR count). The van der Waals surface area contributed by atoms with Crippen LogP contribution in [0.1, 0.15) is 33.1 Å². The Morgan fingerprint density at radius 3 is 2.53 bits per heavy atom. The SMILES string of the molecule is CN1CCCCC1[C@@H]1[C@@H](C(=O)O)C1(C)C. The highest BCUT2D eigenvalue weighted by atomic mass is 16.4. The van der Waals surface area contributed by atoms with Gasteiger partial charge in [0, 0.05) is 6.04 Å². The molecule has 3 nitrogen and oxygen atoms in total. The highest BCUT2D eigenvalue weighted by molar-refractivity contribution is 5.75. The molecular formula is C12H21NO2. The van der Waals surface area contributed by atoms with E-state index in [1.807, 2.05) is 0 Å². The van der Waals surface area contributed by atoms with E-state index in [1.165, 1.54) is 19.3 Å². The number of carboxylic acid groups (broad SMARTS) is 1. The van der Waals surface area contributed by atoms with E-state index in [-0.39, 0.29) is 11.3 Å². The summed E-state index contributed by atoms with van der Waals surface area (Å²) >= 11 is 0. The molecule has 0 amide bonds. The molecule has 15 heavy (non-hydrogen) atoms. The van der Waals surface area contributed by atoms with Gasteiger partial charge in [-0.3, -0.25) is 4.79 Å². The van der Waals surface area contributed by atoms with Gasteiger partial charge in [0.1, 0.15) is 0 Å². The summed E-state index contributed by atoms with van der Waals surface area (Å²) in [6, 6.07) is 0.495. The zero-order valence-electron chi connectivity index (χ0n) is 9.86. The topological polar surface area (TPSA) is 40.5 Å². The normalized spacial score (nSPS) is 40.1. The molecule has 1 saturated heterocycles. The predicted molar refractivity (Wildman–Crippen MR) is 58.7 cm³/mol. The Morgan fingerprint density at radius 2 is 2.07 bits per heavy atom. The van der Waals surface area contributed by atoms with Gasteiger partial charge in [-0.15, -0.1) is 0 Å². The maximum atomic E-state index is 11.1. The number of rotatable bonds is 2. The summed E-state index contributed by atoms with van der Waals surface area (Å²) in [6.45, 7) is 5.32. The molecule has 0 aromatic rings. The monoisotopic (exact) mass is 211 g/mol. The van der Waals surface area contributed by atoms with Crippen LogP contribution in [-0.2, 0) is 4.79 Å². The molecule has 1 aliphatic carbocycles. The second-order valence-corrected chi connectivity index (χ2v) is 5.71. The van der Waals surface area contributed by atoms with Gasteiger partial charge in [0.05, 0.1) is 5.92 Å². The number of aliphatic carboxylic acids is 1. The Kier molecular flexibility index (Phi) is 2.53. The van der Waals surface area contributed by atoms with Crippen molar-refractivity contribution < 1.29 is 9.90 Å². The van der Waals surface area contributed by atoms with Crippen molar-refractivity contribution in [2.45, 2.75) is 39.2 Å². The maximum Gasteiger partial charge on any atom is 0.307 e. The van der Waals surface area contributed by atoms with Crippen molar-refractivity contribution in [1.82, 2.24) is 4.90 Å². The molecule has 3 heteroatoms. The van der Waals surface area contributed by atoms with E-state index in [9.17, 15) is 4.79 Å². The minimum Gasteiger partial charge on any atom is -0.481 e. The number of hydrogen-bond acceptors (Lipinski definition) is 2. The van der Waals surface area contributed by atoms with E-state index >= 15 is 0 Å². The molecule has 1 unspecified atom stereocenters. The first-order valence-corrected chi connectivity index (χ1v) is 5.89. The third kappa shape index (κ3) is 1.67. The molecule has 0 aromatic carbocycles. The molecule has 2 fully saturated rings. The van der Waals surface area contributed by atoms with Crippen molar-refractivity contribution in [3.63, 3.8) is 0 Å². The van der Waals surface area contributed by atoms with Gasteiger partial charge < -0.3 is 10.0 Å². The van der Waals surface area contributed by atoms with E-state index in [0.29, 0.717) is 12.0 Å². The summed E-state index contributed by atoms with van der Waals surface area (Å²) in [4.78, 5) is 13.5. The Morgan fingerprint density at radius 1 is 1.40 bits per heavy atom. The third-order valence-electron chi connectivity index (χ3n) is 4.42. The van der Waals surface area contributed by atoms with Gasteiger partial charge in [0.25, 0.3) is 0 Å². The fraction of sp³-hybridized carbons (Fsp3) is 0.917. The highest BCUT2D eigenvalue weighted by Crippen LogP contribution is 2.61. The van der Waals surface area contributed by atoms with E-state index < -0.39 is 5.97 Å². The van der Waals surface area contributed by atoms with Crippen molar-refractivity contribution in [3.8, 4) is 0 Å². The van der Waals surface area contributed by atoms with Crippen LogP contribution < -0.4 is 0 Å². The van der Waals surface area contributed by atoms with Crippen LogP contribution in [0.2, 0.25) is 0 Å². The van der Waals surface area contributed by atoms with Crippen LogP contribution in [0.4, 0.5) is 0 Å². The van der Waals surface area contributed by atoms with Crippen LogP contribution in [0.25, 0.3) is 0 Å². The first-order chi connectivity index (χ1) is 6.96. The van der Waals surface area contributed by atoms with Crippen LogP contribution in [0, 0.1) is 17.3 Å². The molecular weight excluding hydrogens is 190 g/mol. The van der Waals surface area contributed by atoms with E-state index in [2.05, 4.69) is 25.8 Å². The molecule has 0 spiro atoms. The predicted octanol–water partition coefficient (Wildman–Crippen LogP) is 1.83. The standard InChI is InChI=1S/C12H21NO2/c1-12(2)9(10(12)11(14)15)8-6-4-5-7-13(8)3/h8-10H,4-7H2,1-3H3,(H,14,15)/t8?,9-,10+/m1/s1. The second kappa shape index (κ2) is 3.48. The largest absolute Gasteiger partial charge is 0.481 e. The fourth-order valence-electron chi connectivity index (χ4n) is 3.42. The molecule has 1 heterocycles. The van der Waals surface area contributed by atoms with Gasteiger partial charge in [0.15, 0.2) is 0 Å². The minimum atomic E-state index is -0.607. The Bertz CT molecular complexity index is 275. The van der Waals surface area contributed by atoms with Gasteiger partial charge in [-0.05, 0) is 37.8 Å². The van der Waals surface area contributed by atoms with Crippen molar-refractivity contribution in [2.75, 3.05) is 13.6 Å². The number of hydrogen-bond donors (Lipinski definition) is 1. The number of carbonyl (C=O) groups is 1. The minimum absolute atomic E-state index is 0.00208. The lowest BCUT2D eigenvalue weighted by Gasteiger charge is -2.33. The first-order valence-electron chi connectivity index (χ1n) is 5.89. The Balaban J connectivity index is 2.08. The van der Waals surface area contributed by atoms with Crippen LogP contribution in [0.15, 0.2) is 0 Å².